The zero-order valence-corrected chi connectivity index (χ0v) is 31.9. The Labute approximate surface area is 341 Å². The van der Waals surface area contributed by atoms with E-state index in [1.807, 2.05) is 24.5 Å². The van der Waals surface area contributed by atoms with Crippen molar-refractivity contribution in [1.29, 1.82) is 0 Å². The van der Waals surface area contributed by atoms with Gasteiger partial charge in [-0.15, -0.1) is 0 Å². The van der Waals surface area contributed by atoms with Gasteiger partial charge in [-0.2, -0.15) is 0 Å². The maximum absolute atomic E-state index is 5.26. The summed E-state index contributed by atoms with van der Waals surface area (Å²) in [7, 11) is 0. The van der Waals surface area contributed by atoms with Gasteiger partial charge >= 0.3 is 0 Å². The van der Waals surface area contributed by atoms with Crippen molar-refractivity contribution in [3.05, 3.63) is 229 Å². The number of hydrogen-bond acceptors (Lipinski definition) is 4. The van der Waals surface area contributed by atoms with Crippen LogP contribution in [0.25, 0.3) is 88.4 Å². The van der Waals surface area contributed by atoms with Crippen molar-refractivity contribution in [2.75, 3.05) is 0 Å². The highest BCUT2D eigenvalue weighted by atomic mass is 14.8. The van der Waals surface area contributed by atoms with Crippen molar-refractivity contribution in [2.45, 2.75) is 5.41 Å². The van der Waals surface area contributed by atoms with Crippen molar-refractivity contribution in [2.24, 2.45) is 0 Å². The average molecular weight is 751 g/mol. The van der Waals surface area contributed by atoms with Gasteiger partial charge in [-0.05, 0) is 80.9 Å². The summed E-state index contributed by atoms with van der Waals surface area (Å²) in [5, 5.41) is 4.34. The second-order valence-electron chi connectivity index (χ2n) is 15.4. The van der Waals surface area contributed by atoms with Gasteiger partial charge in [0, 0.05) is 45.1 Å². The Balaban J connectivity index is 0.991. The van der Waals surface area contributed by atoms with Gasteiger partial charge in [0.05, 0.1) is 38.9 Å². The molecule has 12 rings (SSSR count). The molecule has 274 valence electrons. The summed E-state index contributed by atoms with van der Waals surface area (Å²) < 4.78 is 0. The lowest BCUT2D eigenvalue weighted by atomic mass is 9.67. The molecule has 4 heteroatoms. The van der Waals surface area contributed by atoms with Crippen LogP contribution < -0.4 is 0 Å². The van der Waals surface area contributed by atoms with Crippen LogP contribution in [-0.4, -0.2) is 19.9 Å². The van der Waals surface area contributed by atoms with Crippen molar-refractivity contribution in [3.8, 4) is 44.8 Å². The highest BCUT2D eigenvalue weighted by molar-refractivity contribution is 6.04. The molecule has 7 aromatic carbocycles. The molecule has 1 aliphatic carbocycles. The number of pyridine rings is 4. The molecule has 59 heavy (non-hydrogen) atoms. The predicted octanol–water partition coefficient (Wildman–Crippen LogP) is 13.2. The van der Waals surface area contributed by atoms with E-state index in [4.69, 9.17) is 15.0 Å². The predicted molar refractivity (Wildman–Crippen MR) is 241 cm³/mol. The van der Waals surface area contributed by atoms with Crippen LogP contribution in [-0.2, 0) is 5.41 Å². The van der Waals surface area contributed by atoms with Crippen LogP contribution in [0.1, 0.15) is 22.3 Å². The van der Waals surface area contributed by atoms with E-state index in [9.17, 15) is 0 Å². The van der Waals surface area contributed by atoms with E-state index in [1.165, 1.54) is 33.4 Å². The van der Waals surface area contributed by atoms with Crippen LogP contribution in [0.4, 0.5) is 0 Å². The highest BCUT2D eigenvalue weighted by Gasteiger charge is 2.46. The lowest BCUT2D eigenvalue weighted by molar-refractivity contribution is 0.769. The minimum Gasteiger partial charge on any atom is -0.254 e. The first-order valence-corrected chi connectivity index (χ1v) is 20.0. The minimum absolute atomic E-state index is 0.555. The Morgan fingerprint density at radius 3 is 1.39 bits per heavy atom. The molecule has 0 saturated heterocycles. The summed E-state index contributed by atoms with van der Waals surface area (Å²) in [5.41, 5.74) is 16.9. The molecule has 4 heterocycles. The molecule has 0 atom stereocenters. The summed E-state index contributed by atoms with van der Waals surface area (Å²) >= 11 is 0. The van der Waals surface area contributed by atoms with E-state index in [0.29, 0.717) is 0 Å². The lowest BCUT2D eigenvalue weighted by Crippen LogP contribution is -2.28. The van der Waals surface area contributed by atoms with Crippen LogP contribution in [0.2, 0.25) is 0 Å². The minimum atomic E-state index is -0.555. The van der Waals surface area contributed by atoms with Crippen molar-refractivity contribution < 1.29 is 0 Å². The van der Waals surface area contributed by atoms with Gasteiger partial charge in [-0.3, -0.25) is 9.97 Å². The molecule has 0 aliphatic heterocycles. The van der Waals surface area contributed by atoms with Crippen molar-refractivity contribution >= 4 is 43.6 Å². The van der Waals surface area contributed by atoms with E-state index in [-0.39, 0.29) is 0 Å². The summed E-state index contributed by atoms with van der Waals surface area (Å²) in [6.45, 7) is 0. The van der Waals surface area contributed by atoms with Gasteiger partial charge in [0.15, 0.2) is 0 Å². The van der Waals surface area contributed by atoms with E-state index in [2.05, 4.69) is 187 Å². The molecule has 1 aliphatic rings. The molecule has 11 aromatic rings. The Hall–Kier alpha value is -7.82. The molecule has 4 aromatic heterocycles. The Bertz CT molecular complexity index is 3410. The molecule has 0 amide bonds. The molecule has 0 unspecified atom stereocenters. The SMILES string of the molecule is c1cc(-c2ccc(C3(c4cccc(-c5ccc6ccc7cccnc7c6n5)c4)c4ccccc4-c4ccccc43)cc2)cc(-c2ccc3ccc4cccnc4c3n2)c1. The van der Waals surface area contributed by atoms with Crippen molar-refractivity contribution in [1.82, 2.24) is 19.9 Å². The molecule has 4 nitrogen and oxygen atoms in total. The Morgan fingerprint density at radius 2 is 0.797 bits per heavy atom. The second-order valence-corrected chi connectivity index (χ2v) is 15.4. The monoisotopic (exact) mass is 750 g/mol. The zero-order valence-electron chi connectivity index (χ0n) is 31.9. The van der Waals surface area contributed by atoms with Crippen LogP contribution in [0.5, 0.6) is 0 Å². The Morgan fingerprint density at radius 1 is 0.305 bits per heavy atom. The molecular formula is C55H34N4. The van der Waals surface area contributed by atoms with Crippen LogP contribution in [0.3, 0.4) is 0 Å². The normalized spacial score (nSPS) is 12.9. The molecular weight excluding hydrogens is 717 g/mol. The fourth-order valence-corrected chi connectivity index (χ4v) is 9.48. The topological polar surface area (TPSA) is 51.6 Å². The Kier molecular flexibility index (Phi) is 7.41. The highest BCUT2D eigenvalue weighted by Crippen LogP contribution is 2.56. The fourth-order valence-electron chi connectivity index (χ4n) is 9.48. The molecule has 0 saturated carbocycles. The van der Waals surface area contributed by atoms with Gasteiger partial charge in [0.2, 0.25) is 0 Å². The molecule has 0 N–H and O–H groups in total. The number of benzene rings is 7. The first-order valence-electron chi connectivity index (χ1n) is 20.0. The van der Waals surface area contributed by atoms with Gasteiger partial charge in [0.1, 0.15) is 0 Å². The standard InChI is InChI=1S/C55H34N4/c1-3-17-47-45(15-1)46-16-2-4-18-48(46)55(47,44-14-6-11-42(34-44)50-30-26-39-22-20-37-13-8-32-57-52(37)54(39)59-50)43-27-23-35(24-28-43)40-9-5-10-41(33-40)49-29-25-38-21-19-36-12-7-31-56-51(36)53(38)58-49/h1-34H. The first kappa shape index (κ1) is 33.3. The fraction of sp³-hybridized carbons (Fsp3) is 0.0182. The number of hydrogen-bond donors (Lipinski definition) is 0. The third kappa shape index (κ3) is 5.16. The molecule has 0 spiro atoms. The number of nitrogens with zero attached hydrogens (tertiary/aromatic N) is 4. The van der Waals surface area contributed by atoms with Crippen LogP contribution in [0.15, 0.2) is 207 Å². The maximum atomic E-state index is 5.26. The van der Waals surface area contributed by atoms with Crippen LogP contribution >= 0.6 is 0 Å². The molecule has 0 radical (unpaired) electrons. The van der Waals surface area contributed by atoms with E-state index >= 15 is 0 Å². The van der Waals surface area contributed by atoms with Gasteiger partial charge in [-0.1, -0.05) is 158 Å². The summed E-state index contributed by atoms with van der Waals surface area (Å²) in [4.78, 5) is 19.8. The van der Waals surface area contributed by atoms with Crippen LogP contribution in [0, 0.1) is 0 Å². The van der Waals surface area contributed by atoms with E-state index < -0.39 is 5.41 Å². The largest absolute Gasteiger partial charge is 0.254 e. The van der Waals surface area contributed by atoms with Gasteiger partial charge in [0.25, 0.3) is 0 Å². The van der Waals surface area contributed by atoms with Gasteiger partial charge in [-0.25, -0.2) is 9.97 Å². The number of rotatable bonds is 5. The summed E-state index contributed by atoms with van der Waals surface area (Å²) in [5.74, 6) is 0. The summed E-state index contributed by atoms with van der Waals surface area (Å²) in [6.07, 6.45) is 3.68. The van der Waals surface area contributed by atoms with Crippen molar-refractivity contribution in [3.63, 3.8) is 0 Å². The summed E-state index contributed by atoms with van der Waals surface area (Å²) in [6, 6.07) is 69.9. The second kappa shape index (κ2) is 13.1. The third-order valence-electron chi connectivity index (χ3n) is 12.2. The van der Waals surface area contributed by atoms with E-state index in [1.54, 1.807) is 0 Å². The first-order chi connectivity index (χ1) is 29.2. The zero-order chi connectivity index (χ0) is 38.9. The molecule has 0 bridgehead atoms. The third-order valence-corrected chi connectivity index (χ3v) is 12.2. The lowest BCUT2D eigenvalue weighted by Gasteiger charge is -2.34. The van der Waals surface area contributed by atoms with Gasteiger partial charge < -0.3 is 0 Å². The number of aromatic nitrogens is 4. The molecule has 0 fully saturated rings. The number of fused-ring (bicyclic) bond motifs is 9. The quantitative estimate of drug-likeness (QED) is 0.164. The average Bonchev–Trinajstić information content (AvgIpc) is 3.62. The van der Waals surface area contributed by atoms with E-state index in [0.717, 1.165) is 77.3 Å². The maximum Gasteiger partial charge on any atom is 0.0972 e. The smallest absolute Gasteiger partial charge is 0.0972 e.